The van der Waals surface area contributed by atoms with Gasteiger partial charge >= 0.3 is 0 Å². The zero-order chi connectivity index (χ0) is 24.5. The van der Waals surface area contributed by atoms with E-state index in [9.17, 15) is 18.0 Å². The largest absolute Gasteiger partial charge is 0.300 e. The molecule has 190 valence electrons. The lowest BCUT2D eigenvalue weighted by atomic mass is 10.2. The summed E-state index contributed by atoms with van der Waals surface area (Å²) in [5, 5.41) is 0.788. The van der Waals surface area contributed by atoms with E-state index in [0.717, 1.165) is 29.3 Å². The predicted octanol–water partition coefficient (Wildman–Crippen LogP) is 5.97. The van der Waals surface area contributed by atoms with Crippen molar-refractivity contribution in [1.82, 2.24) is 9.97 Å². The molecule has 0 bridgehead atoms. The van der Waals surface area contributed by atoms with Crippen LogP contribution in [0.15, 0.2) is 58.8 Å². The number of hydrogen-bond donors (Lipinski definition) is 0. The fraction of sp³-hybridized carbons (Fsp3) is 0.455. The average Bonchev–Trinajstić information content (AvgIpc) is 2.80. The van der Waals surface area contributed by atoms with Crippen molar-refractivity contribution in [3.8, 4) is 0 Å². The van der Waals surface area contributed by atoms with Gasteiger partial charge in [0, 0.05) is 30.3 Å². The molecule has 2 heterocycles. The second kappa shape index (κ2) is 19.2. The van der Waals surface area contributed by atoms with Gasteiger partial charge in [-0.15, -0.1) is 0 Å². The summed E-state index contributed by atoms with van der Waals surface area (Å²) in [7, 11) is 3.61. The number of ketones is 2. The average molecular weight is 565 g/mol. The number of rotatable bonds is 14. The highest BCUT2D eigenvalue weighted by Gasteiger charge is 2.29. The molecule has 0 saturated heterocycles. The van der Waals surface area contributed by atoms with Crippen molar-refractivity contribution in [3.63, 3.8) is 0 Å². The fourth-order valence-electron chi connectivity index (χ4n) is 2.20. The molecule has 0 aliphatic heterocycles. The van der Waals surface area contributed by atoms with Gasteiger partial charge in [0.15, 0.2) is 0 Å². The molecule has 2 aromatic rings. The van der Waals surface area contributed by atoms with Crippen LogP contribution in [-0.4, -0.2) is 53.8 Å². The van der Waals surface area contributed by atoms with Gasteiger partial charge in [0.1, 0.15) is 26.9 Å². The highest BCUT2D eigenvalue weighted by molar-refractivity contribution is 8.77. The zero-order valence-corrected chi connectivity index (χ0v) is 22.8. The first-order valence-corrected chi connectivity index (χ1v) is 16.1. The van der Waals surface area contributed by atoms with Crippen molar-refractivity contribution < 1.29 is 22.2 Å². The van der Waals surface area contributed by atoms with Gasteiger partial charge in [0.25, 0.3) is 10.1 Å². The quantitative estimate of drug-likeness (QED) is 0.154. The number of hydrogen-bond acceptors (Lipinski definition) is 11. The summed E-state index contributed by atoms with van der Waals surface area (Å²) < 4.78 is 27.5. The van der Waals surface area contributed by atoms with E-state index in [1.54, 1.807) is 40.9 Å². The maximum Gasteiger partial charge on any atom is 0.277 e. The Balaban J connectivity index is 0.000000649. The number of nitrogens with zero attached hydrogens (tertiary/aromatic N) is 2. The van der Waals surface area contributed by atoms with Crippen LogP contribution in [0.4, 0.5) is 0 Å². The molecule has 7 nitrogen and oxygen atoms in total. The van der Waals surface area contributed by atoms with Gasteiger partial charge in [0.05, 0.1) is 7.11 Å². The van der Waals surface area contributed by atoms with Crippen LogP contribution in [0.3, 0.4) is 0 Å². The van der Waals surface area contributed by atoms with Crippen molar-refractivity contribution >= 4 is 64.9 Å². The number of carbonyl (C=O) groups excluding carboxylic acids is 2. The Kier molecular flexibility index (Phi) is 18.6. The number of Topliss-reactive ketones (excluding diaryl/α,β-unsaturated/α-hetero) is 2. The molecule has 1 unspecified atom stereocenters. The topological polar surface area (TPSA) is 103 Å². The monoisotopic (exact) mass is 564 g/mol. The van der Waals surface area contributed by atoms with E-state index in [0.29, 0.717) is 12.2 Å². The molecule has 2 rings (SSSR count). The third kappa shape index (κ3) is 15.0. The van der Waals surface area contributed by atoms with Crippen LogP contribution in [0.25, 0.3) is 0 Å². The highest BCUT2D eigenvalue weighted by atomic mass is 33.1. The first-order valence-electron chi connectivity index (χ1n) is 9.96. The molecule has 34 heavy (non-hydrogen) atoms. The Morgan fingerprint density at radius 2 is 1.47 bits per heavy atom. The minimum atomic E-state index is -3.79. The highest BCUT2D eigenvalue weighted by Crippen LogP contribution is 2.30. The van der Waals surface area contributed by atoms with E-state index >= 15 is 0 Å². The summed E-state index contributed by atoms with van der Waals surface area (Å²) in [6, 6.07) is 11.4. The van der Waals surface area contributed by atoms with Gasteiger partial charge in [-0.25, -0.2) is 9.97 Å². The summed E-state index contributed by atoms with van der Waals surface area (Å²) in [5.74, 6) is 1.40. The zero-order valence-electron chi connectivity index (χ0n) is 18.7. The molecule has 0 amide bonds. The molecule has 0 aliphatic carbocycles. The van der Waals surface area contributed by atoms with Crippen LogP contribution in [-0.2, 0) is 23.9 Å². The van der Waals surface area contributed by atoms with Gasteiger partial charge in [-0.2, -0.15) is 8.42 Å². The Morgan fingerprint density at radius 3 is 1.88 bits per heavy atom. The molecule has 0 aliphatic rings. The van der Waals surface area contributed by atoms with Gasteiger partial charge in [-0.3, -0.25) is 8.98 Å². The van der Waals surface area contributed by atoms with E-state index < -0.39 is 21.2 Å². The van der Waals surface area contributed by atoms with Crippen LogP contribution in [0.2, 0.25) is 0 Å². The normalized spacial score (nSPS) is 11.5. The van der Waals surface area contributed by atoms with Crippen molar-refractivity contribution in [3.05, 3.63) is 48.8 Å². The summed E-state index contributed by atoms with van der Waals surface area (Å²) in [6.45, 7) is 2.90. The predicted molar refractivity (Wildman–Crippen MR) is 147 cm³/mol. The van der Waals surface area contributed by atoms with E-state index in [-0.39, 0.29) is 19.6 Å². The second-order valence-corrected chi connectivity index (χ2v) is 13.3. The van der Waals surface area contributed by atoms with Crippen LogP contribution in [0.1, 0.15) is 40.5 Å². The smallest absolute Gasteiger partial charge is 0.277 e. The molecule has 12 heteroatoms. The lowest BCUT2D eigenvalue weighted by Gasteiger charge is -2.12. The van der Waals surface area contributed by atoms with E-state index in [4.69, 9.17) is 0 Å². The Hall–Kier alpha value is -1.05. The summed E-state index contributed by atoms with van der Waals surface area (Å²) >= 11 is 0. The van der Waals surface area contributed by atoms with Crippen LogP contribution in [0.5, 0.6) is 0 Å². The Morgan fingerprint density at radius 1 is 0.941 bits per heavy atom. The maximum atomic E-state index is 11.5. The lowest BCUT2D eigenvalue weighted by molar-refractivity contribution is -0.117. The SMILES string of the molecule is C.CC(=O)CCCSSc1ccccn1.COS(=O)(=O)C(CCSSc1ccccn1)C(C)=O. The minimum Gasteiger partial charge on any atom is -0.300 e. The first-order chi connectivity index (χ1) is 15.8. The summed E-state index contributed by atoms with van der Waals surface area (Å²) in [5.41, 5.74) is 0. The molecule has 0 spiro atoms. The molecular weight excluding hydrogens is 533 g/mol. The first kappa shape index (κ1) is 33.0. The molecule has 1 atom stereocenters. The Bertz CT molecular complexity index is 931. The van der Waals surface area contributed by atoms with Gasteiger partial charge in [-0.05, 0) is 72.5 Å². The standard InChI is InChI=1S/C11H15NO4S3.C10H13NOS2.CH4/c1-9(13)10(19(14,15)16-2)6-8-17-18-11-5-3-4-7-12-11;1-9(12)5-4-8-13-14-10-6-2-3-7-11-10;/h3-5,7,10H,6,8H2,1-2H3;2-3,6-7H,4-5,8H2,1H3;1H4. The molecule has 0 radical (unpaired) electrons. The van der Waals surface area contributed by atoms with Gasteiger partial charge < -0.3 is 4.79 Å². The lowest BCUT2D eigenvalue weighted by Crippen LogP contribution is -2.30. The van der Waals surface area contributed by atoms with E-state index in [1.807, 2.05) is 36.4 Å². The maximum absolute atomic E-state index is 11.5. The number of carbonyl (C=O) groups is 2. The molecular formula is C22H32N2O5S5. The third-order valence-corrected chi connectivity index (χ3v) is 10.2. The second-order valence-electron chi connectivity index (χ2n) is 6.50. The number of aromatic nitrogens is 2. The van der Waals surface area contributed by atoms with Gasteiger partial charge in [-0.1, -0.05) is 41.1 Å². The fourth-order valence-corrected chi connectivity index (χ4v) is 7.33. The summed E-state index contributed by atoms with van der Waals surface area (Å²) in [6.07, 6.45) is 5.36. The molecule has 0 N–H and O–H groups in total. The van der Waals surface area contributed by atoms with Crippen LogP contribution < -0.4 is 0 Å². The molecule has 2 aromatic heterocycles. The van der Waals surface area contributed by atoms with Gasteiger partial charge in [0.2, 0.25) is 0 Å². The molecule has 0 aromatic carbocycles. The molecule has 0 saturated carbocycles. The van der Waals surface area contributed by atoms with Crippen molar-refractivity contribution in [2.24, 2.45) is 0 Å². The van der Waals surface area contributed by atoms with Crippen LogP contribution >= 0.6 is 43.2 Å². The van der Waals surface area contributed by atoms with Crippen molar-refractivity contribution in [1.29, 1.82) is 0 Å². The third-order valence-electron chi connectivity index (χ3n) is 3.82. The minimum absolute atomic E-state index is 0. The number of pyridine rings is 2. The van der Waals surface area contributed by atoms with Crippen LogP contribution in [0, 0.1) is 0 Å². The summed E-state index contributed by atoms with van der Waals surface area (Å²) in [4.78, 5) is 30.3. The Labute approximate surface area is 219 Å². The van der Waals surface area contributed by atoms with Crippen molar-refractivity contribution in [2.45, 2.75) is 55.8 Å². The molecule has 0 fully saturated rings. The van der Waals surface area contributed by atoms with Crippen molar-refractivity contribution in [2.75, 3.05) is 18.6 Å². The van der Waals surface area contributed by atoms with E-state index in [2.05, 4.69) is 14.2 Å². The van der Waals surface area contributed by atoms with E-state index in [1.165, 1.54) is 28.5 Å².